The van der Waals surface area contributed by atoms with Gasteiger partial charge in [-0.2, -0.15) is 5.26 Å². The molecule has 2 aromatic rings. The SMILES string of the molecule is CC1(C)C2C(c3ccc(Cl)cc3)=N[N+](C(=C=N)C#N)=C(c3ccc(Cl)cc3)C21. The number of nitrogens with zero attached hydrogens (tertiary/aromatic N) is 3. The molecule has 2 aliphatic rings. The van der Waals surface area contributed by atoms with Crippen LogP contribution >= 0.6 is 23.2 Å². The third kappa shape index (κ3) is 2.89. The van der Waals surface area contributed by atoms with E-state index in [-0.39, 0.29) is 22.9 Å². The molecule has 2 atom stereocenters. The number of halogens is 2. The third-order valence-corrected chi connectivity index (χ3v) is 6.07. The first-order valence-corrected chi connectivity index (χ1v) is 9.61. The summed E-state index contributed by atoms with van der Waals surface area (Å²) in [7, 11) is 0. The highest BCUT2D eigenvalue weighted by atomic mass is 35.5. The molecule has 4 rings (SSSR count). The Morgan fingerprint density at radius 2 is 1.54 bits per heavy atom. The van der Waals surface area contributed by atoms with Crippen LogP contribution in [-0.2, 0) is 0 Å². The highest BCUT2D eigenvalue weighted by Crippen LogP contribution is 2.62. The van der Waals surface area contributed by atoms with Gasteiger partial charge >= 0.3 is 5.70 Å². The summed E-state index contributed by atoms with van der Waals surface area (Å²) in [4.78, 5) is 0. The fraction of sp³-hybridized carbons (Fsp3) is 0.227. The van der Waals surface area contributed by atoms with Crippen molar-refractivity contribution >= 4 is 40.5 Å². The molecule has 0 spiro atoms. The molecule has 138 valence electrons. The molecule has 0 amide bonds. The average Bonchev–Trinajstić information content (AvgIpc) is 3.26. The van der Waals surface area contributed by atoms with E-state index in [1.165, 1.54) is 0 Å². The van der Waals surface area contributed by atoms with Crippen LogP contribution in [0.25, 0.3) is 0 Å². The Morgan fingerprint density at radius 1 is 1.00 bits per heavy atom. The fourth-order valence-electron chi connectivity index (χ4n) is 4.09. The van der Waals surface area contributed by atoms with E-state index in [1.807, 2.05) is 54.6 Å². The van der Waals surface area contributed by atoms with Crippen molar-refractivity contribution in [2.45, 2.75) is 13.8 Å². The third-order valence-electron chi connectivity index (χ3n) is 5.57. The fourth-order valence-corrected chi connectivity index (χ4v) is 4.35. The molecule has 2 aromatic carbocycles. The van der Waals surface area contributed by atoms with Crippen LogP contribution in [-0.4, -0.2) is 22.0 Å². The summed E-state index contributed by atoms with van der Waals surface area (Å²) >= 11 is 12.1. The number of hydrogen-bond acceptors (Lipinski definition) is 3. The maximum atomic E-state index is 9.58. The molecule has 4 nitrogen and oxygen atoms in total. The number of allylic oxidation sites excluding steroid dienone is 1. The van der Waals surface area contributed by atoms with Gasteiger partial charge in [-0.15, -0.1) is 0 Å². The van der Waals surface area contributed by atoms with Crippen molar-refractivity contribution in [1.29, 1.82) is 10.7 Å². The number of benzene rings is 2. The van der Waals surface area contributed by atoms with Gasteiger partial charge in [-0.25, -0.2) is 0 Å². The average molecular weight is 408 g/mol. The molecule has 0 saturated heterocycles. The van der Waals surface area contributed by atoms with Crippen molar-refractivity contribution < 1.29 is 4.68 Å². The smallest absolute Gasteiger partial charge is 0.252 e. The van der Waals surface area contributed by atoms with Gasteiger partial charge in [-0.05, 0) is 46.5 Å². The lowest BCUT2D eigenvalue weighted by Gasteiger charge is -2.11. The zero-order chi connectivity index (χ0) is 20.1. The number of rotatable bonds is 3. The number of fused-ring (bicyclic) bond motifs is 1. The van der Waals surface area contributed by atoms with Crippen LogP contribution in [0, 0.1) is 34.0 Å². The Balaban J connectivity index is 1.98. The number of hydrazone groups is 1. The predicted molar refractivity (Wildman–Crippen MR) is 111 cm³/mol. The van der Waals surface area contributed by atoms with E-state index >= 15 is 0 Å². The van der Waals surface area contributed by atoms with E-state index in [2.05, 4.69) is 19.7 Å². The van der Waals surface area contributed by atoms with Gasteiger partial charge in [0.1, 0.15) is 5.71 Å². The molecular weight excluding hydrogens is 391 g/mol. The summed E-state index contributed by atoms with van der Waals surface area (Å²) in [6.45, 7) is 4.40. The lowest BCUT2D eigenvalue weighted by molar-refractivity contribution is -0.476. The van der Waals surface area contributed by atoms with E-state index in [1.54, 1.807) is 4.68 Å². The van der Waals surface area contributed by atoms with E-state index in [4.69, 9.17) is 33.7 Å². The second-order valence-electron chi connectivity index (χ2n) is 7.56. The monoisotopic (exact) mass is 407 g/mol. The molecule has 0 bridgehead atoms. The van der Waals surface area contributed by atoms with Crippen LogP contribution in [0.3, 0.4) is 0 Å². The van der Waals surface area contributed by atoms with Gasteiger partial charge in [0.05, 0.1) is 11.8 Å². The largest absolute Gasteiger partial charge is 0.376 e. The van der Waals surface area contributed by atoms with Crippen LogP contribution < -0.4 is 0 Å². The van der Waals surface area contributed by atoms with Crippen LogP contribution in [0.2, 0.25) is 10.0 Å². The topological polar surface area (TPSA) is 63.0 Å². The van der Waals surface area contributed by atoms with E-state index in [0.717, 1.165) is 22.6 Å². The highest BCUT2D eigenvalue weighted by molar-refractivity contribution is 6.31. The van der Waals surface area contributed by atoms with Gasteiger partial charge in [-0.1, -0.05) is 49.2 Å². The van der Waals surface area contributed by atoms with Crippen LogP contribution in [0.4, 0.5) is 0 Å². The first kappa shape index (κ1) is 18.7. The van der Waals surface area contributed by atoms with Crippen molar-refractivity contribution in [3.05, 3.63) is 75.4 Å². The molecule has 6 heteroatoms. The number of nitrogens with one attached hydrogen (secondary N) is 1. The van der Waals surface area contributed by atoms with Crippen molar-refractivity contribution in [1.82, 2.24) is 0 Å². The summed E-state index contributed by atoms with van der Waals surface area (Å²) in [6, 6.07) is 17.1. The predicted octanol–water partition coefficient (Wildman–Crippen LogP) is 5.14. The van der Waals surface area contributed by atoms with Crippen molar-refractivity contribution in [2.24, 2.45) is 22.4 Å². The first-order chi connectivity index (χ1) is 13.4. The zero-order valence-electron chi connectivity index (χ0n) is 15.4. The molecule has 1 saturated carbocycles. The van der Waals surface area contributed by atoms with Crippen molar-refractivity contribution in [3.8, 4) is 6.07 Å². The Morgan fingerprint density at radius 3 is 2.04 bits per heavy atom. The Kier molecular flexibility index (Phi) is 4.48. The minimum atomic E-state index is -0.0369. The van der Waals surface area contributed by atoms with Gasteiger partial charge in [0.2, 0.25) is 5.71 Å². The molecule has 28 heavy (non-hydrogen) atoms. The molecule has 1 N–H and O–H groups in total. The van der Waals surface area contributed by atoms with Gasteiger partial charge in [0.25, 0.3) is 0 Å². The molecule has 0 aromatic heterocycles. The minimum absolute atomic E-state index is 0.0369. The van der Waals surface area contributed by atoms with Crippen LogP contribution in [0.5, 0.6) is 0 Å². The van der Waals surface area contributed by atoms with E-state index in [0.29, 0.717) is 10.0 Å². The van der Waals surface area contributed by atoms with Crippen LogP contribution in [0.1, 0.15) is 25.0 Å². The molecule has 1 aliphatic carbocycles. The van der Waals surface area contributed by atoms with Gasteiger partial charge in [0.15, 0.2) is 6.07 Å². The van der Waals surface area contributed by atoms with Crippen molar-refractivity contribution in [3.63, 3.8) is 0 Å². The lowest BCUT2D eigenvalue weighted by Crippen LogP contribution is -2.28. The second-order valence-corrected chi connectivity index (χ2v) is 8.43. The van der Waals surface area contributed by atoms with Gasteiger partial charge in [0, 0.05) is 32.2 Å². The maximum absolute atomic E-state index is 9.58. The molecular formula is C22H17Cl2N4+. The minimum Gasteiger partial charge on any atom is -0.252 e. The first-order valence-electron chi connectivity index (χ1n) is 8.85. The van der Waals surface area contributed by atoms with E-state index < -0.39 is 0 Å². The second kappa shape index (κ2) is 6.72. The summed E-state index contributed by atoms with van der Waals surface area (Å²) < 4.78 is 1.57. The van der Waals surface area contributed by atoms with E-state index in [9.17, 15) is 5.26 Å². The summed E-state index contributed by atoms with van der Waals surface area (Å²) in [5, 5.41) is 23.3. The molecule has 1 aliphatic heterocycles. The molecule has 0 radical (unpaired) electrons. The van der Waals surface area contributed by atoms with Crippen LogP contribution in [0.15, 0.2) is 59.3 Å². The quantitative estimate of drug-likeness (QED) is 0.427. The number of nitriles is 1. The highest BCUT2D eigenvalue weighted by Gasteiger charge is 2.68. The lowest BCUT2D eigenvalue weighted by atomic mass is 9.98. The Bertz CT molecular complexity index is 1110. The van der Waals surface area contributed by atoms with Gasteiger partial charge < -0.3 is 0 Å². The number of hydrogen-bond donors (Lipinski definition) is 1. The maximum Gasteiger partial charge on any atom is 0.376 e. The van der Waals surface area contributed by atoms with Crippen molar-refractivity contribution in [2.75, 3.05) is 0 Å². The standard InChI is InChI=1S/C22H17Cl2N4/c1-22(2)18-19(22)21(14-5-9-16(24)10-6-14)28(17(11-25)12-26)27-20(18)13-3-7-15(23)8-4-13/h3-10,18-19,25H,1-2H3/q+1. The zero-order valence-corrected chi connectivity index (χ0v) is 16.9. The summed E-state index contributed by atoms with van der Waals surface area (Å²) in [5.74, 6) is 2.61. The summed E-state index contributed by atoms with van der Waals surface area (Å²) in [6.07, 6.45) is 0. The summed E-state index contributed by atoms with van der Waals surface area (Å²) in [5.41, 5.74) is 3.72. The molecule has 2 unspecified atom stereocenters. The Hall–Kier alpha value is -2.70. The molecule has 1 heterocycles. The Labute approximate surface area is 173 Å². The molecule has 1 fully saturated rings. The normalized spacial score (nSPS) is 21.9. The van der Waals surface area contributed by atoms with Gasteiger partial charge in [-0.3, -0.25) is 5.41 Å².